The fourth-order valence-electron chi connectivity index (χ4n) is 2.12. The predicted octanol–water partition coefficient (Wildman–Crippen LogP) is 3.07. The molecule has 1 heterocycles. The van der Waals surface area contributed by atoms with Gasteiger partial charge in [0.1, 0.15) is 5.75 Å². The first kappa shape index (κ1) is 17.7. The number of carbonyl (C=O) groups is 1. The van der Waals surface area contributed by atoms with E-state index in [1.54, 1.807) is 18.2 Å². The minimum absolute atomic E-state index is 0.0624. The van der Waals surface area contributed by atoms with E-state index in [9.17, 15) is 9.90 Å². The fraction of sp³-hybridized carbons (Fsp3) is 0.0556. The third kappa shape index (κ3) is 4.70. The lowest BCUT2D eigenvalue weighted by atomic mass is 10.2. The Morgan fingerprint density at radius 3 is 2.88 bits per heavy atom. The maximum atomic E-state index is 11.8. The Balaban J connectivity index is 1.51. The van der Waals surface area contributed by atoms with Crippen molar-refractivity contribution in [1.29, 1.82) is 0 Å². The molecule has 7 nitrogen and oxygen atoms in total. The minimum atomic E-state index is -0.444. The molecule has 0 aliphatic carbocycles. The summed E-state index contributed by atoms with van der Waals surface area (Å²) in [5, 5.41) is 20.3. The number of benzene rings is 2. The van der Waals surface area contributed by atoms with Gasteiger partial charge in [0, 0.05) is 16.1 Å². The van der Waals surface area contributed by atoms with Gasteiger partial charge in [0.2, 0.25) is 5.88 Å². The van der Waals surface area contributed by atoms with Crippen molar-refractivity contribution in [2.24, 2.45) is 5.10 Å². The summed E-state index contributed by atoms with van der Waals surface area (Å²) in [5.74, 6) is -0.0694. The van der Waals surface area contributed by atoms with Gasteiger partial charge >= 0.3 is 0 Å². The molecule has 0 radical (unpaired) electrons. The smallest absolute Gasteiger partial charge is 0.278 e. The monoisotopic (exact) mass is 414 g/mol. The number of phenols is 1. The molecule has 0 aliphatic heterocycles. The number of aromatic amines is 1. The summed E-state index contributed by atoms with van der Waals surface area (Å²) >= 11 is 3.30. The molecular formula is C18H15BrN4O3. The molecule has 132 valence electrons. The molecule has 3 aromatic rings. The first-order valence-electron chi connectivity index (χ1n) is 7.66. The molecule has 1 amide bonds. The molecule has 3 N–H and O–H groups in total. The molecule has 0 saturated carbocycles. The van der Waals surface area contributed by atoms with E-state index in [0.717, 1.165) is 15.7 Å². The SMILES string of the molecule is O=C(COc1cc(-c2ccccc2)[nH]n1)N/N=C/c1cc(Br)ccc1O. The van der Waals surface area contributed by atoms with Gasteiger partial charge in [-0.05, 0) is 23.8 Å². The third-order valence-electron chi connectivity index (χ3n) is 3.37. The molecule has 0 spiro atoms. The van der Waals surface area contributed by atoms with Crippen LogP contribution in [0.1, 0.15) is 5.56 Å². The van der Waals surface area contributed by atoms with Crippen LogP contribution in [0.3, 0.4) is 0 Å². The Morgan fingerprint density at radius 1 is 1.27 bits per heavy atom. The molecule has 0 aliphatic rings. The van der Waals surface area contributed by atoms with Crippen LogP contribution < -0.4 is 10.2 Å². The lowest BCUT2D eigenvalue weighted by Crippen LogP contribution is -2.24. The summed E-state index contributed by atoms with van der Waals surface area (Å²) in [6, 6.07) is 16.3. The molecule has 3 rings (SSSR count). The van der Waals surface area contributed by atoms with Gasteiger partial charge in [0.15, 0.2) is 6.61 Å². The van der Waals surface area contributed by atoms with Crippen LogP contribution >= 0.6 is 15.9 Å². The van der Waals surface area contributed by atoms with E-state index >= 15 is 0 Å². The van der Waals surface area contributed by atoms with Crippen molar-refractivity contribution in [3.8, 4) is 22.9 Å². The topological polar surface area (TPSA) is 99.6 Å². The Kier molecular flexibility index (Phi) is 5.65. The highest BCUT2D eigenvalue weighted by atomic mass is 79.9. The van der Waals surface area contributed by atoms with Crippen LogP contribution in [0.4, 0.5) is 0 Å². The number of hydrazone groups is 1. The van der Waals surface area contributed by atoms with Crippen LogP contribution in [-0.2, 0) is 4.79 Å². The van der Waals surface area contributed by atoms with Crippen molar-refractivity contribution in [3.63, 3.8) is 0 Å². The average molecular weight is 415 g/mol. The number of hydrogen-bond donors (Lipinski definition) is 3. The van der Waals surface area contributed by atoms with Crippen LogP contribution in [0.25, 0.3) is 11.3 Å². The molecule has 8 heteroatoms. The number of aromatic nitrogens is 2. The second kappa shape index (κ2) is 8.30. The van der Waals surface area contributed by atoms with Crippen LogP contribution in [0.2, 0.25) is 0 Å². The lowest BCUT2D eigenvalue weighted by molar-refractivity contribution is -0.123. The van der Waals surface area contributed by atoms with Crippen LogP contribution in [-0.4, -0.2) is 34.0 Å². The normalized spacial score (nSPS) is 10.8. The summed E-state index contributed by atoms with van der Waals surface area (Å²) in [6.07, 6.45) is 1.35. The van der Waals surface area contributed by atoms with Gasteiger partial charge in [0.05, 0.1) is 11.9 Å². The largest absolute Gasteiger partial charge is 0.507 e. The standard InChI is InChI=1S/C18H15BrN4O3/c19-14-6-7-16(24)13(8-14)10-20-22-17(25)11-26-18-9-15(21-23-18)12-4-2-1-3-5-12/h1-10,24H,11H2,(H,21,23)(H,22,25)/b20-10+. The number of nitrogens with zero attached hydrogens (tertiary/aromatic N) is 2. The Labute approximate surface area is 157 Å². The van der Waals surface area contributed by atoms with E-state index in [-0.39, 0.29) is 12.4 Å². The Hall–Kier alpha value is -3.13. The summed E-state index contributed by atoms with van der Waals surface area (Å²) in [6.45, 7) is -0.235. The van der Waals surface area contributed by atoms with Crippen LogP contribution in [0.5, 0.6) is 11.6 Å². The number of carbonyl (C=O) groups excluding carboxylic acids is 1. The lowest BCUT2D eigenvalue weighted by Gasteiger charge is -2.02. The summed E-state index contributed by atoms with van der Waals surface area (Å²) in [5.41, 5.74) is 4.57. The molecule has 0 saturated heterocycles. The predicted molar refractivity (Wildman–Crippen MR) is 101 cm³/mol. The number of H-pyrrole nitrogens is 1. The highest BCUT2D eigenvalue weighted by Gasteiger charge is 2.07. The number of nitrogens with one attached hydrogen (secondary N) is 2. The third-order valence-corrected chi connectivity index (χ3v) is 3.87. The zero-order chi connectivity index (χ0) is 18.4. The van der Waals surface area contributed by atoms with Crippen molar-refractivity contribution < 1.29 is 14.6 Å². The van der Waals surface area contributed by atoms with E-state index in [0.29, 0.717) is 11.4 Å². The molecular weight excluding hydrogens is 400 g/mol. The van der Waals surface area contributed by atoms with Gasteiger partial charge in [-0.3, -0.25) is 9.89 Å². The number of hydrogen-bond acceptors (Lipinski definition) is 5. The van der Waals surface area contributed by atoms with E-state index in [1.807, 2.05) is 30.3 Å². The molecule has 1 aromatic heterocycles. The van der Waals surface area contributed by atoms with Crippen molar-refractivity contribution >= 4 is 28.1 Å². The summed E-state index contributed by atoms with van der Waals surface area (Å²) in [4.78, 5) is 11.8. The highest BCUT2D eigenvalue weighted by molar-refractivity contribution is 9.10. The van der Waals surface area contributed by atoms with Gasteiger partial charge in [-0.1, -0.05) is 46.3 Å². The average Bonchev–Trinajstić information content (AvgIpc) is 3.13. The summed E-state index contributed by atoms with van der Waals surface area (Å²) < 4.78 is 6.12. The minimum Gasteiger partial charge on any atom is -0.507 e. The van der Waals surface area contributed by atoms with E-state index in [1.165, 1.54) is 12.3 Å². The van der Waals surface area contributed by atoms with Gasteiger partial charge in [-0.25, -0.2) is 5.43 Å². The molecule has 0 atom stereocenters. The van der Waals surface area contributed by atoms with Gasteiger partial charge in [-0.2, -0.15) is 5.10 Å². The molecule has 26 heavy (non-hydrogen) atoms. The van der Waals surface area contributed by atoms with Crippen molar-refractivity contribution in [1.82, 2.24) is 15.6 Å². The van der Waals surface area contributed by atoms with Gasteiger partial charge in [0.25, 0.3) is 5.91 Å². The van der Waals surface area contributed by atoms with E-state index in [4.69, 9.17) is 4.74 Å². The van der Waals surface area contributed by atoms with E-state index < -0.39 is 5.91 Å². The van der Waals surface area contributed by atoms with Gasteiger partial charge < -0.3 is 9.84 Å². The molecule has 2 aromatic carbocycles. The number of amides is 1. The van der Waals surface area contributed by atoms with Gasteiger partial charge in [-0.15, -0.1) is 5.10 Å². The number of aromatic hydroxyl groups is 1. The van der Waals surface area contributed by atoms with E-state index in [2.05, 4.69) is 36.7 Å². The Bertz CT molecular complexity index is 925. The van der Waals surface area contributed by atoms with Crippen molar-refractivity contribution in [2.75, 3.05) is 6.61 Å². The molecule has 0 unspecified atom stereocenters. The maximum Gasteiger partial charge on any atom is 0.278 e. The zero-order valence-corrected chi connectivity index (χ0v) is 15.1. The van der Waals surface area contributed by atoms with Crippen LogP contribution in [0.15, 0.2) is 64.2 Å². The second-order valence-electron chi connectivity index (χ2n) is 5.27. The van der Waals surface area contributed by atoms with Crippen molar-refractivity contribution in [2.45, 2.75) is 0 Å². The number of rotatable bonds is 6. The Morgan fingerprint density at radius 2 is 2.08 bits per heavy atom. The first-order valence-corrected chi connectivity index (χ1v) is 8.45. The number of halogens is 1. The zero-order valence-electron chi connectivity index (χ0n) is 13.5. The molecule has 0 fully saturated rings. The first-order chi connectivity index (χ1) is 12.6. The van der Waals surface area contributed by atoms with Crippen molar-refractivity contribution in [3.05, 3.63) is 64.6 Å². The maximum absolute atomic E-state index is 11.8. The summed E-state index contributed by atoms with van der Waals surface area (Å²) in [7, 11) is 0. The highest BCUT2D eigenvalue weighted by Crippen LogP contribution is 2.21. The fourth-order valence-corrected chi connectivity index (χ4v) is 2.50. The number of ether oxygens (including phenoxy) is 1. The second-order valence-corrected chi connectivity index (χ2v) is 6.19. The number of phenolic OH excluding ortho intramolecular Hbond substituents is 1. The quantitative estimate of drug-likeness (QED) is 0.426. The van der Waals surface area contributed by atoms with Crippen LogP contribution in [0, 0.1) is 0 Å². The molecule has 0 bridgehead atoms.